The maximum atomic E-state index is 11.2. The molecule has 0 aromatic rings. The monoisotopic (exact) mass is 164 g/mol. The average Bonchev–Trinajstić information content (AvgIpc) is 2.44. The Morgan fingerprint density at radius 1 is 1.58 bits per heavy atom. The molecule has 1 heteroatoms. The number of hydrogen-bond acceptors (Lipinski definition) is 1. The van der Waals surface area contributed by atoms with E-state index in [1.807, 2.05) is 6.08 Å². The number of fused-ring (bicyclic) bond motifs is 1. The summed E-state index contributed by atoms with van der Waals surface area (Å²) in [4.78, 5) is 11.2. The standard InChI is InChI=1S/C11H16O/c1-2-8-4-3-5-9-6-10(12)7-11(8)9/h6,8,11H,2-5,7H2,1H3/t8-,11-/m1/s1. The van der Waals surface area contributed by atoms with Gasteiger partial charge in [0.25, 0.3) is 0 Å². The summed E-state index contributed by atoms with van der Waals surface area (Å²) in [6, 6.07) is 0. The maximum absolute atomic E-state index is 11.2. The molecule has 0 spiro atoms. The molecule has 0 heterocycles. The Labute approximate surface area is 73.8 Å². The van der Waals surface area contributed by atoms with Crippen LogP contribution in [0.5, 0.6) is 0 Å². The first-order valence-corrected chi connectivity index (χ1v) is 5.04. The van der Waals surface area contributed by atoms with Crippen molar-refractivity contribution in [3.63, 3.8) is 0 Å². The van der Waals surface area contributed by atoms with Gasteiger partial charge in [0.1, 0.15) is 0 Å². The Hall–Kier alpha value is -0.590. The zero-order valence-corrected chi connectivity index (χ0v) is 7.68. The fourth-order valence-electron chi connectivity index (χ4n) is 2.71. The van der Waals surface area contributed by atoms with Gasteiger partial charge >= 0.3 is 0 Å². The molecule has 0 bridgehead atoms. The van der Waals surface area contributed by atoms with Crippen LogP contribution in [0.4, 0.5) is 0 Å². The third-order valence-electron chi connectivity index (χ3n) is 3.38. The van der Waals surface area contributed by atoms with E-state index in [4.69, 9.17) is 0 Å². The topological polar surface area (TPSA) is 17.1 Å². The van der Waals surface area contributed by atoms with Crippen LogP contribution in [0.1, 0.15) is 39.0 Å². The van der Waals surface area contributed by atoms with Crippen LogP contribution in [-0.2, 0) is 4.79 Å². The number of carbonyl (C=O) groups is 1. The molecule has 0 aromatic carbocycles. The Kier molecular flexibility index (Phi) is 2.03. The van der Waals surface area contributed by atoms with Crippen molar-refractivity contribution < 1.29 is 4.79 Å². The highest BCUT2D eigenvalue weighted by atomic mass is 16.1. The van der Waals surface area contributed by atoms with Crippen molar-refractivity contribution >= 4 is 5.78 Å². The highest BCUT2D eigenvalue weighted by Gasteiger charge is 2.33. The molecule has 0 unspecified atom stereocenters. The molecule has 2 aliphatic carbocycles. The van der Waals surface area contributed by atoms with Crippen molar-refractivity contribution in [2.24, 2.45) is 11.8 Å². The number of rotatable bonds is 1. The predicted molar refractivity (Wildman–Crippen MR) is 48.8 cm³/mol. The van der Waals surface area contributed by atoms with Crippen molar-refractivity contribution in [2.45, 2.75) is 39.0 Å². The van der Waals surface area contributed by atoms with Gasteiger partial charge in [-0.3, -0.25) is 4.79 Å². The third kappa shape index (κ3) is 1.21. The van der Waals surface area contributed by atoms with E-state index < -0.39 is 0 Å². The second kappa shape index (κ2) is 3.04. The summed E-state index contributed by atoms with van der Waals surface area (Å²) in [5, 5.41) is 0. The SMILES string of the molecule is CC[C@@H]1CCCC2=CC(=O)C[C@@H]21. The zero-order chi connectivity index (χ0) is 8.55. The van der Waals surface area contributed by atoms with Crippen LogP contribution in [0, 0.1) is 11.8 Å². The van der Waals surface area contributed by atoms with Gasteiger partial charge in [-0.2, -0.15) is 0 Å². The summed E-state index contributed by atoms with van der Waals surface area (Å²) < 4.78 is 0. The van der Waals surface area contributed by atoms with Crippen LogP contribution >= 0.6 is 0 Å². The predicted octanol–water partition coefficient (Wildman–Crippen LogP) is 2.71. The Morgan fingerprint density at radius 2 is 2.42 bits per heavy atom. The number of ketones is 1. The van der Waals surface area contributed by atoms with E-state index in [9.17, 15) is 4.79 Å². The van der Waals surface area contributed by atoms with E-state index in [1.165, 1.54) is 31.3 Å². The Balaban J connectivity index is 2.16. The molecule has 0 radical (unpaired) electrons. The minimum atomic E-state index is 0.371. The molecule has 1 nitrogen and oxygen atoms in total. The minimum absolute atomic E-state index is 0.371. The fourth-order valence-corrected chi connectivity index (χ4v) is 2.71. The second-order valence-corrected chi connectivity index (χ2v) is 4.06. The minimum Gasteiger partial charge on any atom is -0.295 e. The van der Waals surface area contributed by atoms with E-state index in [0.717, 1.165) is 12.3 Å². The molecule has 2 atom stereocenters. The van der Waals surface area contributed by atoms with Gasteiger partial charge in [0, 0.05) is 6.42 Å². The largest absolute Gasteiger partial charge is 0.295 e. The van der Waals surface area contributed by atoms with Gasteiger partial charge in [0.05, 0.1) is 0 Å². The second-order valence-electron chi connectivity index (χ2n) is 4.06. The average molecular weight is 164 g/mol. The van der Waals surface area contributed by atoms with Crippen LogP contribution in [0.15, 0.2) is 11.6 Å². The van der Waals surface area contributed by atoms with Crippen molar-refractivity contribution in [2.75, 3.05) is 0 Å². The lowest BCUT2D eigenvalue weighted by Gasteiger charge is -2.29. The highest BCUT2D eigenvalue weighted by Crippen LogP contribution is 2.41. The van der Waals surface area contributed by atoms with E-state index in [1.54, 1.807) is 0 Å². The molecule has 0 saturated heterocycles. The van der Waals surface area contributed by atoms with Crippen LogP contribution in [0.3, 0.4) is 0 Å². The summed E-state index contributed by atoms with van der Waals surface area (Å²) in [5.41, 5.74) is 1.46. The number of allylic oxidation sites excluding steroid dienone is 2. The molecule has 0 aromatic heterocycles. The van der Waals surface area contributed by atoms with E-state index >= 15 is 0 Å². The molecular weight excluding hydrogens is 148 g/mol. The molecule has 66 valence electrons. The lowest BCUT2D eigenvalue weighted by molar-refractivity contribution is -0.114. The van der Waals surface area contributed by atoms with Gasteiger partial charge in [-0.1, -0.05) is 18.9 Å². The van der Waals surface area contributed by atoms with E-state index in [-0.39, 0.29) is 0 Å². The highest BCUT2D eigenvalue weighted by molar-refractivity contribution is 5.93. The van der Waals surface area contributed by atoms with Gasteiger partial charge in [-0.05, 0) is 37.2 Å². The van der Waals surface area contributed by atoms with E-state index in [2.05, 4.69) is 6.92 Å². The van der Waals surface area contributed by atoms with E-state index in [0.29, 0.717) is 11.7 Å². The first-order valence-electron chi connectivity index (χ1n) is 5.04. The van der Waals surface area contributed by atoms with Gasteiger partial charge in [-0.25, -0.2) is 0 Å². The Bertz CT molecular complexity index is 227. The lowest BCUT2D eigenvalue weighted by atomic mass is 9.76. The quantitative estimate of drug-likeness (QED) is 0.582. The molecule has 1 fully saturated rings. The molecule has 1 saturated carbocycles. The molecule has 0 aliphatic heterocycles. The van der Waals surface area contributed by atoms with Gasteiger partial charge in [-0.15, -0.1) is 0 Å². The van der Waals surface area contributed by atoms with Crippen LogP contribution in [-0.4, -0.2) is 5.78 Å². The summed E-state index contributed by atoms with van der Waals surface area (Å²) >= 11 is 0. The van der Waals surface area contributed by atoms with Gasteiger partial charge < -0.3 is 0 Å². The van der Waals surface area contributed by atoms with Crippen molar-refractivity contribution in [1.29, 1.82) is 0 Å². The lowest BCUT2D eigenvalue weighted by Crippen LogP contribution is -2.19. The van der Waals surface area contributed by atoms with Crippen molar-refractivity contribution in [3.8, 4) is 0 Å². The first kappa shape index (κ1) is 8.03. The van der Waals surface area contributed by atoms with Crippen LogP contribution in [0.2, 0.25) is 0 Å². The van der Waals surface area contributed by atoms with Crippen molar-refractivity contribution in [1.82, 2.24) is 0 Å². The van der Waals surface area contributed by atoms with Crippen molar-refractivity contribution in [3.05, 3.63) is 11.6 Å². The Morgan fingerprint density at radius 3 is 3.17 bits per heavy atom. The molecule has 2 aliphatic rings. The maximum Gasteiger partial charge on any atom is 0.156 e. The fraction of sp³-hybridized carbons (Fsp3) is 0.727. The summed E-state index contributed by atoms with van der Waals surface area (Å²) in [6.45, 7) is 2.25. The van der Waals surface area contributed by atoms with Crippen LogP contribution < -0.4 is 0 Å². The summed E-state index contributed by atoms with van der Waals surface area (Å²) in [5.74, 6) is 1.81. The summed E-state index contributed by atoms with van der Waals surface area (Å²) in [6.07, 6.45) is 7.79. The summed E-state index contributed by atoms with van der Waals surface area (Å²) in [7, 11) is 0. The number of hydrogen-bond donors (Lipinski definition) is 0. The normalized spacial score (nSPS) is 34.8. The van der Waals surface area contributed by atoms with Crippen LogP contribution in [0.25, 0.3) is 0 Å². The number of carbonyl (C=O) groups excluding carboxylic acids is 1. The molecule has 2 rings (SSSR count). The first-order chi connectivity index (χ1) is 5.81. The molecule has 12 heavy (non-hydrogen) atoms. The third-order valence-corrected chi connectivity index (χ3v) is 3.38. The van der Waals surface area contributed by atoms with Gasteiger partial charge in [0.2, 0.25) is 0 Å². The molecule has 0 amide bonds. The molecular formula is C11H16O. The van der Waals surface area contributed by atoms with Gasteiger partial charge in [0.15, 0.2) is 5.78 Å². The smallest absolute Gasteiger partial charge is 0.156 e. The molecule has 0 N–H and O–H groups in total. The zero-order valence-electron chi connectivity index (χ0n) is 7.68.